The van der Waals surface area contributed by atoms with Gasteiger partial charge in [0.05, 0.1) is 11.6 Å². The maximum absolute atomic E-state index is 13.2. The molecule has 3 heterocycles. The molecule has 38 heavy (non-hydrogen) atoms. The average Bonchev–Trinajstić information content (AvgIpc) is 3.41. The Hall–Kier alpha value is -3.79. The summed E-state index contributed by atoms with van der Waals surface area (Å²) in [5.74, 6) is 0.536. The fourth-order valence-corrected chi connectivity index (χ4v) is 4.97. The van der Waals surface area contributed by atoms with Crippen molar-refractivity contribution < 1.29 is 11.0 Å². The molecule has 0 bridgehead atoms. The molecule has 2 aromatic heterocycles. The van der Waals surface area contributed by atoms with E-state index in [0.29, 0.717) is 20.0 Å². The number of para-hydroxylation sites is 1. The molecule has 1 aliphatic rings. The summed E-state index contributed by atoms with van der Waals surface area (Å²) in [5, 5.41) is 3.88. The number of nitrogens with two attached hydrogens (primary N) is 1. The molecule has 2 amide bonds. The van der Waals surface area contributed by atoms with Gasteiger partial charge in [0.15, 0.2) is 11.5 Å². The minimum Gasteiger partial charge on any atom is -0.382 e. The van der Waals surface area contributed by atoms with Crippen LogP contribution in [0.25, 0.3) is 10.9 Å². The lowest BCUT2D eigenvalue weighted by Crippen LogP contribution is -2.46. The van der Waals surface area contributed by atoms with E-state index in [1.165, 1.54) is 12.4 Å². The number of anilines is 2. The number of amides is 2. The lowest BCUT2D eigenvalue weighted by atomic mass is 10.1. The number of aryl methyl sites for hydroxylation is 1. The molecule has 1 atom stereocenters. The van der Waals surface area contributed by atoms with Crippen molar-refractivity contribution in [1.29, 1.82) is 0 Å². The van der Waals surface area contributed by atoms with Crippen molar-refractivity contribution in [2.24, 2.45) is 0 Å². The summed E-state index contributed by atoms with van der Waals surface area (Å²) in [6.45, 7) is 5.46. The van der Waals surface area contributed by atoms with Crippen LogP contribution in [-0.2, 0) is 11.3 Å². The van der Waals surface area contributed by atoms with Crippen LogP contribution in [-0.4, -0.2) is 82.9 Å². The normalized spacial score (nSPS) is 15.9. The number of carbonyl (C=O) groups is 2. The predicted octanol–water partition coefficient (Wildman–Crippen LogP) is 2.61. The second kappa shape index (κ2) is 12.2. The van der Waals surface area contributed by atoms with Crippen LogP contribution in [0.4, 0.5) is 11.6 Å². The Bertz CT molecular complexity index is 1320. The fourth-order valence-electron chi connectivity index (χ4n) is 4.97. The molecular weight excluding hydrogens is 480 g/mol. The van der Waals surface area contributed by atoms with E-state index in [1.807, 2.05) is 50.2 Å². The molecule has 1 aromatic carbocycles. The monoisotopic (exact) mass is 519 g/mol. The predicted molar refractivity (Wildman–Crippen MR) is 150 cm³/mol. The minimum atomic E-state index is -0.407. The van der Waals surface area contributed by atoms with E-state index >= 15 is 0 Å². The maximum Gasteiger partial charge on any atom is 0.273 e. The van der Waals surface area contributed by atoms with E-state index in [2.05, 4.69) is 20.2 Å². The number of aromatic nitrogens is 3. The highest BCUT2D eigenvalue weighted by molar-refractivity contribution is 5.96. The van der Waals surface area contributed by atoms with E-state index in [1.54, 1.807) is 4.90 Å². The number of likely N-dealkylation sites (tertiary alicyclic amines) is 1. The van der Waals surface area contributed by atoms with Gasteiger partial charge in [-0.05, 0) is 50.9 Å². The van der Waals surface area contributed by atoms with Crippen molar-refractivity contribution in [1.82, 2.24) is 30.1 Å². The number of hydrogen-bond donors (Lipinski definition) is 2. The Balaban J connectivity index is 1.49. The zero-order chi connectivity index (χ0) is 27.9. The van der Waals surface area contributed by atoms with Gasteiger partial charge in [-0.1, -0.05) is 25.1 Å². The molecule has 0 unspecified atom stereocenters. The van der Waals surface area contributed by atoms with Gasteiger partial charge in [-0.15, -0.1) is 0 Å². The number of fused-ring (bicyclic) bond motifs is 1. The van der Waals surface area contributed by atoms with Crippen molar-refractivity contribution in [2.45, 2.75) is 45.7 Å². The van der Waals surface area contributed by atoms with Crippen molar-refractivity contribution in [3.05, 3.63) is 53.5 Å². The van der Waals surface area contributed by atoms with E-state index in [4.69, 9.17) is 12.1 Å². The first-order valence-corrected chi connectivity index (χ1v) is 13.0. The average molecular weight is 520 g/mol. The highest BCUT2D eigenvalue weighted by Crippen LogP contribution is 2.26. The second-order valence-corrected chi connectivity index (χ2v) is 9.82. The number of rotatable bonds is 10. The molecule has 3 N–H and O–H groups in total. The third-order valence-corrected chi connectivity index (χ3v) is 7.09. The molecule has 10 heteroatoms. The zero-order valence-electron chi connectivity index (χ0n) is 23.5. The topological polar surface area (TPSA) is 121 Å². The molecule has 10 nitrogen and oxygen atoms in total. The molecule has 0 saturated carbocycles. The Morgan fingerprint density at radius 3 is 2.84 bits per heavy atom. The molecular formula is C28H38N8O2. The number of pyridine rings is 1. The van der Waals surface area contributed by atoms with Crippen LogP contribution in [0, 0.1) is 6.92 Å². The van der Waals surface area contributed by atoms with Crippen molar-refractivity contribution >= 4 is 34.4 Å². The molecule has 1 saturated heterocycles. The fraction of sp³-hybridized carbons (Fsp3) is 0.464. The zero-order valence-corrected chi connectivity index (χ0v) is 22.5. The SMILES string of the molecule is [2H]CCCN1CCC[C@H]1C(=O)N(C)CCN(C)c1nc2c(C)cccc2cc1CNC(=O)c1nccnc1N. The number of hydrogen-bond acceptors (Lipinski definition) is 8. The van der Waals surface area contributed by atoms with Crippen molar-refractivity contribution in [3.63, 3.8) is 0 Å². The number of carbonyl (C=O) groups excluding carboxylic acids is 2. The van der Waals surface area contributed by atoms with Crippen LogP contribution < -0.4 is 16.0 Å². The lowest BCUT2D eigenvalue weighted by Gasteiger charge is -2.29. The van der Waals surface area contributed by atoms with Crippen LogP contribution in [0.15, 0.2) is 36.7 Å². The minimum absolute atomic E-state index is 0.0767. The molecule has 4 rings (SSSR count). The first-order chi connectivity index (χ1) is 18.8. The van der Waals surface area contributed by atoms with Gasteiger partial charge in [0, 0.05) is 58.4 Å². The number of nitrogens with zero attached hydrogens (tertiary/aromatic N) is 6. The molecule has 0 spiro atoms. The summed E-state index contributed by atoms with van der Waals surface area (Å²) >= 11 is 0. The molecule has 0 radical (unpaired) electrons. The Kier molecular flexibility index (Phi) is 8.28. The van der Waals surface area contributed by atoms with Crippen LogP contribution in [0.1, 0.15) is 49.1 Å². The third kappa shape index (κ3) is 6.02. The van der Waals surface area contributed by atoms with Gasteiger partial charge in [0.2, 0.25) is 5.91 Å². The second-order valence-electron chi connectivity index (χ2n) is 9.82. The summed E-state index contributed by atoms with van der Waals surface area (Å²) in [7, 11) is 3.80. The Morgan fingerprint density at radius 1 is 1.24 bits per heavy atom. The van der Waals surface area contributed by atoms with Crippen molar-refractivity contribution in [2.75, 3.05) is 50.9 Å². The van der Waals surface area contributed by atoms with Gasteiger partial charge < -0.3 is 20.9 Å². The molecule has 202 valence electrons. The largest absolute Gasteiger partial charge is 0.382 e. The van der Waals surface area contributed by atoms with E-state index < -0.39 is 5.91 Å². The van der Waals surface area contributed by atoms with Gasteiger partial charge >= 0.3 is 0 Å². The number of likely N-dealkylation sites (N-methyl/N-ethyl adjacent to an activating group) is 2. The highest BCUT2D eigenvalue weighted by atomic mass is 16.2. The first-order valence-electron chi connectivity index (χ1n) is 13.7. The first kappa shape index (κ1) is 25.8. The number of nitrogen functional groups attached to an aromatic ring is 1. The molecule has 3 aromatic rings. The number of nitrogens with one attached hydrogen (secondary N) is 1. The van der Waals surface area contributed by atoms with Crippen LogP contribution in [0.3, 0.4) is 0 Å². The maximum atomic E-state index is 13.2. The van der Waals surface area contributed by atoms with Gasteiger partial charge in [0.1, 0.15) is 5.82 Å². The molecule has 0 aliphatic carbocycles. The highest BCUT2D eigenvalue weighted by Gasteiger charge is 2.32. The van der Waals surface area contributed by atoms with Crippen molar-refractivity contribution in [3.8, 4) is 0 Å². The van der Waals surface area contributed by atoms with E-state index in [0.717, 1.165) is 60.2 Å². The summed E-state index contributed by atoms with van der Waals surface area (Å²) in [4.78, 5) is 45.0. The van der Waals surface area contributed by atoms with Crippen LogP contribution in [0.2, 0.25) is 0 Å². The van der Waals surface area contributed by atoms with Crippen LogP contribution in [0.5, 0.6) is 0 Å². The summed E-state index contributed by atoms with van der Waals surface area (Å²) in [5.41, 5.74) is 8.72. The lowest BCUT2D eigenvalue weighted by molar-refractivity contribution is -0.134. The van der Waals surface area contributed by atoms with Crippen LogP contribution >= 0.6 is 0 Å². The van der Waals surface area contributed by atoms with E-state index in [-0.39, 0.29) is 30.0 Å². The molecule has 1 fully saturated rings. The Morgan fingerprint density at radius 2 is 2.05 bits per heavy atom. The van der Waals surface area contributed by atoms with Gasteiger partial charge in [-0.2, -0.15) is 0 Å². The quantitative estimate of drug-likeness (QED) is 0.419. The van der Waals surface area contributed by atoms with Gasteiger partial charge in [0.25, 0.3) is 5.91 Å². The number of benzene rings is 1. The Labute approximate surface area is 225 Å². The smallest absolute Gasteiger partial charge is 0.273 e. The summed E-state index contributed by atoms with van der Waals surface area (Å²) < 4.78 is 7.44. The third-order valence-electron chi connectivity index (χ3n) is 7.09. The van der Waals surface area contributed by atoms with Gasteiger partial charge in [-0.25, -0.2) is 15.0 Å². The van der Waals surface area contributed by atoms with E-state index in [9.17, 15) is 9.59 Å². The summed E-state index contributed by atoms with van der Waals surface area (Å²) in [6.07, 6.45) is 5.54. The van der Waals surface area contributed by atoms with Gasteiger partial charge in [-0.3, -0.25) is 14.5 Å². The summed E-state index contributed by atoms with van der Waals surface area (Å²) in [6, 6.07) is 7.96. The standard InChI is InChI=1S/C28H38N8O2/c1-5-13-36-14-7-10-22(36)28(38)35(4)16-15-34(3)26-21(17-20-9-6-8-19(2)23(20)33-26)18-32-27(37)24-25(29)31-12-11-30-24/h6,8-9,11-12,17,22H,5,7,10,13-16,18H2,1-4H3,(H2,29,31)(H,32,37)/t22-/m0/s1/i1D. The molecule has 1 aliphatic heterocycles.